The van der Waals surface area contributed by atoms with Gasteiger partial charge in [0.05, 0.1) is 5.91 Å². The average Bonchev–Trinajstić information content (AvgIpc) is 1.90. The van der Waals surface area contributed by atoms with Crippen molar-refractivity contribution in [3.8, 4) is 0 Å². The number of piperidine rings is 1. The first-order chi connectivity index (χ1) is 4.30. The van der Waals surface area contributed by atoms with Crippen LogP contribution in [0.5, 0.6) is 0 Å². The number of hydrogen-bond donors (Lipinski definition) is 1. The number of carbonyl (C=O) groups is 1. The molecule has 2 N–H and O–H groups in total. The molecule has 0 aromatic heterocycles. The van der Waals surface area contributed by atoms with Gasteiger partial charge in [-0.25, -0.2) is 0 Å². The van der Waals surface area contributed by atoms with E-state index < -0.39 is 5.91 Å². The molecule has 1 saturated heterocycles. The van der Waals surface area contributed by atoms with Crippen molar-refractivity contribution in [2.75, 3.05) is 13.1 Å². The van der Waals surface area contributed by atoms with Crippen molar-refractivity contribution in [2.45, 2.75) is 12.8 Å². The molecule has 0 atom stereocenters. The molecule has 0 bridgehead atoms. The van der Waals surface area contributed by atoms with Crippen molar-refractivity contribution in [3.63, 3.8) is 0 Å². The first-order valence-corrected chi connectivity index (χ1v) is 3.27. The quantitative estimate of drug-likeness (QED) is 0.696. The van der Waals surface area contributed by atoms with E-state index in [4.69, 9.17) is 5.73 Å². The van der Waals surface area contributed by atoms with E-state index in [0.29, 0.717) is 0 Å². The van der Waals surface area contributed by atoms with Crippen molar-refractivity contribution in [3.05, 3.63) is 5.73 Å². The zero-order valence-corrected chi connectivity index (χ0v) is 8.73. The zero-order valence-electron chi connectivity index (χ0n) is 5.89. The molecule has 4 heteroatoms. The van der Waals surface area contributed by atoms with E-state index in [0.717, 1.165) is 25.9 Å². The predicted molar refractivity (Wildman–Crippen MR) is 34.9 cm³/mol. The third kappa shape index (κ3) is 3.08. The summed E-state index contributed by atoms with van der Waals surface area (Å²) in [5.74, 6) is -0.372. The third-order valence-corrected chi connectivity index (χ3v) is 1.71. The van der Waals surface area contributed by atoms with Crippen LogP contribution in [0.3, 0.4) is 0 Å². The standard InChI is InChI=1S/C6H12N2O.Y/c7-6(9)5-1-3-8-4-2-5;/h5,8H,1-4H2,(H2,7,9);/p-1. The summed E-state index contributed by atoms with van der Waals surface area (Å²) in [6.45, 7) is 1.80. The van der Waals surface area contributed by atoms with E-state index >= 15 is 0 Å². The second kappa shape index (κ2) is 5.22. The zero-order chi connectivity index (χ0) is 6.69. The number of amides is 1. The maximum atomic E-state index is 10.4. The Morgan fingerprint density at radius 2 is 1.90 bits per heavy atom. The van der Waals surface area contributed by atoms with Crippen molar-refractivity contribution in [1.29, 1.82) is 0 Å². The first-order valence-electron chi connectivity index (χ1n) is 3.27. The molecular formula is C6H11N2OY-. The maximum Gasteiger partial charge on any atom is 0.0520 e. The molecule has 0 aromatic carbocycles. The fraction of sp³-hybridized carbons (Fsp3) is 0.833. The topological polar surface area (TPSA) is 52.9 Å². The van der Waals surface area contributed by atoms with Crippen LogP contribution in [0.2, 0.25) is 0 Å². The minimum atomic E-state index is -0.392. The van der Waals surface area contributed by atoms with E-state index in [2.05, 4.69) is 5.32 Å². The van der Waals surface area contributed by atoms with Gasteiger partial charge in [0.2, 0.25) is 0 Å². The van der Waals surface area contributed by atoms with E-state index in [1.165, 1.54) is 0 Å². The smallest absolute Gasteiger partial charge is 0.0520 e. The van der Waals surface area contributed by atoms with Gasteiger partial charge in [0.25, 0.3) is 0 Å². The van der Waals surface area contributed by atoms with Crippen LogP contribution in [0.4, 0.5) is 0 Å². The summed E-state index contributed by atoms with van der Waals surface area (Å²) in [5, 5.41) is 3.13. The molecule has 1 aliphatic heterocycles. The number of nitrogens with one attached hydrogen (secondary N) is 2. The fourth-order valence-corrected chi connectivity index (χ4v) is 1.08. The molecule has 0 aliphatic carbocycles. The minimum absolute atomic E-state index is 0. The van der Waals surface area contributed by atoms with E-state index in [1.807, 2.05) is 0 Å². The van der Waals surface area contributed by atoms with Gasteiger partial charge in [-0.3, -0.25) is 0 Å². The van der Waals surface area contributed by atoms with Crippen LogP contribution in [0.1, 0.15) is 12.8 Å². The molecule has 0 aromatic rings. The van der Waals surface area contributed by atoms with Gasteiger partial charge in [0, 0.05) is 38.6 Å². The summed E-state index contributed by atoms with van der Waals surface area (Å²) in [4.78, 5) is 10.4. The summed E-state index contributed by atoms with van der Waals surface area (Å²) < 4.78 is 0. The normalized spacial score (nSPS) is 19.6. The van der Waals surface area contributed by atoms with Crippen molar-refractivity contribution < 1.29 is 37.5 Å². The summed E-state index contributed by atoms with van der Waals surface area (Å²) in [5.41, 5.74) is 6.81. The molecule has 1 rings (SSSR count). The summed E-state index contributed by atoms with van der Waals surface area (Å²) in [6.07, 6.45) is 1.70. The molecule has 1 fully saturated rings. The number of carbonyl (C=O) groups excluding carboxylic acids is 1. The summed E-state index contributed by atoms with van der Waals surface area (Å²) >= 11 is 0. The van der Waals surface area contributed by atoms with E-state index in [9.17, 15) is 4.79 Å². The van der Waals surface area contributed by atoms with Crippen LogP contribution in [0.25, 0.3) is 5.73 Å². The Balaban J connectivity index is 0.000000810. The molecule has 1 heterocycles. The van der Waals surface area contributed by atoms with Crippen LogP contribution in [-0.2, 0) is 37.5 Å². The van der Waals surface area contributed by atoms with E-state index in [-0.39, 0.29) is 38.6 Å². The molecule has 0 unspecified atom stereocenters. The monoisotopic (exact) mass is 216 g/mol. The minimum Gasteiger partial charge on any atom is -0.668 e. The molecule has 10 heavy (non-hydrogen) atoms. The molecule has 0 spiro atoms. The Morgan fingerprint density at radius 3 is 2.20 bits per heavy atom. The largest absolute Gasteiger partial charge is 0.668 e. The molecule has 0 saturated carbocycles. The maximum absolute atomic E-state index is 10.4. The number of rotatable bonds is 1. The van der Waals surface area contributed by atoms with Crippen LogP contribution < -0.4 is 5.32 Å². The van der Waals surface area contributed by atoms with Crippen molar-refractivity contribution in [1.82, 2.24) is 5.32 Å². The van der Waals surface area contributed by atoms with Crippen LogP contribution in [0, 0.1) is 5.92 Å². The fourth-order valence-electron chi connectivity index (χ4n) is 1.08. The Hall–Kier alpha value is 0.534. The Kier molecular flexibility index (Phi) is 5.50. The van der Waals surface area contributed by atoms with E-state index in [1.54, 1.807) is 0 Å². The van der Waals surface area contributed by atoms with Crippen molar-refractivity contribution >= 4 is 5.91 Å². The SMILES string of the molecule is [NH-]C(=O)C1CCNCC1.[Y]. The van der Waals surface area contributed by atoms with Gasteiger partial charge in [-0.05, 0) is 25.9 Å². The predicted octanol–water partition coefficient (Wildman–Crippen LogP) is 0.562. The molecule has 1 radical (unpaired) electrons. The molecular weight excluding hydrogens is 205 g/mol. The summed E-state index contributed by atoms with van der Waals surface area (Å²) in [6, 6.07) is 0. The van der Waals surface area contributed by atoms with Crippen molar-refractivity contribution in [2.24, 2.45) is 5.92 Å². The van der Waals surface area contributed by atoms with Gasteiger partial charge in [-0.2, -0.15) is 0 Å². The van der Waals surface area contributed by atoms with Gasteiger partial charge in [-0.1, -0.05) is 0 Å². The molecule has 1 aliphatic rings. The van der Waals surface area contributed by atoms with Gasteiger partial charge < -0.3 is 15.8 Å². The second-order valence-electron chi connectivity index (χ2n) is 2.39. The summed E-state index contributed by atoms with van der Waals surface area (Å²) in [7, 11) is 0. The Bertz CT molecular complexity index is 112. The second-order valence-corrected chi connectivity index (χ2v) is 2.39. The van der Waals surface area contributed by atoms with Gasteiger partial charge in [0.15, 0.2) is 0 Å². The first kappa shape index (κ1) is 10.5. The van der Waals surface area contributed by atoms with Gasteiger partial charge in [0.1, 0.15) is 0 Å². The molecule has 1 amide bonds. The Labute approximate surface area is 86.0 Å². The van der Waals surface area contributed by atoms with Crippen LogP contribution in [-0.4, -0.2) is 19.0 Å². The number of hydrogen-bond acceptors (Lipinski definition) is 2. The average molecular weight is 216 g/mol. The van der Waals surface area contributed by atoms with Gasteiger partial charge >= 0.3 is 0 Å². The third-order valence-electron chi connectivity index (χ3n) is 1.71. The molecule has 55 valence electrons. The van der Waals surface area contributed by atoms with Crippen LogP contribution in [0.15, 0.2) is 0 Å². The molecule has 3 nitrogen and oxygen atoms in total. The Morgan fingerprint density at radius 1 is 1.40 bits per heavy atom. The van der Waals surface area contributed by atoms with Gasteiger partial charge in [-0.15, -0.1) is 0 Å². The van der Waals surface area contributed by atoms with Crippen LogP contribution >= 0.6 is 0 Å².